The SMILES string of the molecule is Cc1cccc(Oc2ccc(N3CCCC3CC(=O)O)cc2)c1. The summed E-state index contributed by atoms with van der Waals surface area (Å²) in [6.07, 6.45) is 2.18. The molecular weight excluding hydrogens is 290 g/mol. The Hall–Kier alpha value is -2.49. The number of ether oxygens (including phenoxy) is 1. The average Bonchev–Trinajstić information content (AvgIpc) is 2.95. The van der Waals surface area contributed by atoms with Crippen molar-refractivity contribution in [2.75, 3.05) is 11.4 Å². The quantitative estimate of drug-likeness (QED) is 0.897. The van der Waals surface area contributed by atoms with E-state index < -0.39 is 5.97 Å². The molecule has 1 saturated heterocycles. The first kappa shape index (κ1) is 15.4. The van der Waals surface area contributed by atoms with Crippen molar-refractivity contribution < 1.29 is 14.6 Å². The Bertz CT molecular complexity index is 681. The maximum absolute atomic E-state index is 11.0. The highest BCUT2D eigenvalue weighted by atomic mass is 16.5. The Kier molecular flexibility index (Phi) is 4.51. The lowest BCUT2D eigenvalue weighted by atomic mass is 10.1. The fourth-order valence-corrected chi connectivity index (χ4v) is 3.11. The summed E-state index contributed by atoms with van der Waals surface area (Å²) in [5.41, 5.74) is 2.22. The van der Waals surface area contributed by atoms with Crippen LogP contribution in [-0.4, -0.2) is 23.7 Å². The fourth-order valence-electron chi connectivity index (χ4n) is 3.11. The molecule has 1 aliphatic rings. The molecular formula is C19H21NO3. The molecule has 120 valence electrons. The third-order valence-electron chi connectivity index (χ3n) is 4.18. The van der Waals surface area contributed by atoms with Crippen LogP contribution in [0.4, 0.5) is 5.69 Å². The Balaban J connectivity index is 1.70. The number of rotatable bonds is 5. The van der Waals surface area contributed by atoms with Gasteiger partial charge in [-0.2, -0.15) is 0 Å². The highest BCUT2D eigenvalue weighted by Crippen LogP contribution is 2.30. The number of carboxylic acids is 1. The second-order valence-electron chi connectivity index (χ2n) is 6.00. The largest absolute Gasteiger partial charge is 0.481 e. The summed E-state index contributed by atoms with van der Waals surface area (Å²) in [6.45, 7) is 2.95. The predicted octanol–water partition coefficient (Wildman–Crippen LogP) is 4.23. The fraction of sp³-hybridized carbons (Fsp3) is 0.316. The number of carbonyl (C=O) groups is 1. The summed E-state index contributed by atoms with van der Waals surface area (Å²) < 4.78 is 5.86. The van der Waals surface area contributed by atoms with E-state index in [0.717, 1.165) is 42.1 Å². The highest BCUT2D eigenvalue weighted by Gasteiger charge is 2.26. The molecule has 1 N–H and O–H groups in total. The van der Waals surface area contributed by atoms with Gasteiger partial charge in [0, 0.05) is 18.3 Å². The van der Waals surface area contributed by atoms with E-state index >= 15 is 0 Å². The molecule has 0 saturated carbocycles. The number of benzene rings is 2. The normalized spacial score (nSPS) is 17.3. The Morgan fingerprint density at radius 3 is 2.70 bits per heavy atom. The molecule has 1 heterocycles. The summed E-state index contributed by atoms with van der Waals surface area (Å²) in [7, 11) is 0. The van der Waals surface area contributed by atoms with Gasteiger partial charge in [0.1, 0.15) is 11.5 Å². The molecule has 2 aromatic carbocycles. The van der Waals surface area contributed by atoms with Crippen LogP contribution in [0, 0.1) is 6.92 Å². The molecule has 0 amide bonds. The number of hydrogen-bond acceptors (Lipinski definition) is 3. The summed E-state index contributed by atoms with van der Waals surface area (Å²) in [4.78, 5) is 13.2. The van der Waals surface area contributed by atoms with Crippen LogP contribution >= 0.6 is 0 Å². The van der Waals surface area contributed by atoms with Gasteiger partial charge in [0.15, 0.2) is 0 Å². The second kappa shape index (κ2) is 6.73. The predicted molar refractivity (Wildman–Crippen MR) is 90.3 cm³/mol. The molecule has 4 heteroatoms. The lowest BCUT2D eigenvalue weighted by Gasteiger charge is -2.25. The molecule has 1 aliphatic heterocycles. The van der Waals surface area contributed by atoms with Crippen LogP contribution in [-0.2, 0) is 4.79 Å². The van der Waals surface area contributed by atoms with E-state index in [9.17, 15) is 4.79 Å². The number of anilines is 1. The van der Waals surface area contributed by atoms with Crippen LogP contribution in [0.2, 0.25) is 0 Å². The first-order valence-corrected chi connectivity index (χ1v) is 7.95. The highest BCUT2D eigenvalue weighted by molar-refractivity contribution is 5.69. The number of carboxylic acid groups (broad SMARTS) is 1. The Morgan fingerprint density at radius 1 is 1.22 bits per heavy atom. The number of hydrogen-bond donors (Lipinski definition) is 1. The van der Waals surface area contributed by atoms with Gasteiger partial charge in [0.2, 0.25) is 0 Å². The maximum Gasteiger partial charge on any atom is 0.305 e. The minimum atomic E-state index is -0.735. The number of aryl methyl sites for hydroxylation is 1. The van der Waals surface area contributed by atoms with Crippen molar-refractivity contribution >= 4 is 11.7 Å². The van der Waals surface area contributed by atoms with Crippen LogP contribution in [0.1, 0.15) is 24.8 Å². The molecule has 0 bridgehead atoms. The van der Waals surface area contributed by atoms with Gasteiger partial charge >= 0.3 is 5.97 Å². The Morgan fingerprint density at radius 2 is 2.00 bits per heavy atom. The maximum atomic E-state index is 11.0. The first-order chi connectivity index (χ1) is 11.1. The van der Waals surface area contributed by atoms with Crippen molar-refractivity contribution in [3.63, 3.8) is 0 Å². The van der Waals surface area contributed by atoms with Crippen LogP contribution in [0.15, 0.2) is 48.5 Å². The first-order valence-electron chi connectivity index (χ1n) is 7.95. The molecule has 0 radical (unpaired) electrons. The standard InChI is InChI=1S/C19H21NO3/c1-14-4-2-6-18(12-14)23-17-9-7-15(8-10-17)20-11-3-5-16(20)13-19(21)22/h2,4,6-10,12,16H,3,5,11,13H2,1H3,(H,21,22). The van der Waals surface area contributed by atoms with E-state index in [-0.39, 0.29) is 12.5 Å². The van der Waals surface area contributed by atoms with Gasteiger partial charge in [-0.05, 0) is 61.7 Å². The number of aliphatic carboxylic acids is 1. The molecule has 23 heavy (non-hydrogen) atoms. The van der Waals surface area contributed by atoms with E-state index in [1.807, 2.05) is 55.5 Å². The van der Waals surface area contributed by atoms with Crippen LogP contribution in [0.25, 0.3) is 0 Å². The summed E-state index contributed by atoms with van der Waals surface area (Å²) in [6, 6.07) is 15.9. The van der Waals surface area contributed by atoms with Crippen LogP contribution < -0.4 is 9.64 Å². The zero-order valence-electron chi connectivity index (χ0n) is 13.2. The van der Waals surface area contributed by atoms with Crippen molar-refractivity contribution in [1.29, 1.82) is 0 Å². The zero-order valence-corrected chi connectivity index (χ0v) is 13.2. The summed E-state index contributed by atoms with van der Waals surface area (Å²) in [5, 5.41) is 9.02. The van der Waals surface area contributed by atoms with Gasteiger partial charge in [-0.15, -0.1) is 0 Å². The molecule has 4 nitrogen and oxygen atoms in total. The number of nitrogens with zero attached hydrogens (tertiary/aromatic N) is 1. The smallest absolute Gasteiger partial charge is 0.305 e. The molecule has 1 atom stereocenters. The van der Waals surface area contributed by atoms with Gasteiger partial charge in [0.05, 0.1) is 6.42 Å². The zero-order chi connectivity index (χ0) is 16.2. The van der Waals surface area contributed by atoms with Crippen molar-refractivity contribution in [3.05, 3.63) is 54.1 Å². The topological polar surface area (TPSA) is 49.8 Å². The van der Waals surface area contributed by atoms with Crippen LogP contribution in [0.3, 0.4) is 0 Å². The molecule has 0 aliphatic carbocycles. The second-order valence-corrected chi connectivity index (χ2v) is 6.00. The lowest BCUT2D eigenvalue weighted by molar-refractivity contribution is -0.137. The van der Waals surface area contributed by atoms with Crippen molar-refractivity contribution in [3.8, 4) is 11.5 Å². The average molecular weight is 311 g/mol. The van der Waals surface area contributed by atoms with E-state index in [4.69, 9.17) is 9.84 Å². The van der Waals surface area contributed by atoms with Gasteiger partial charge in [0.25, 0.3) is 0 Å². The minimum Gasteiger partial charge on any atom is -0.481 e. The van der Waals surface area contributed by atoms with Gasteiger partial charge in [-0.3, -0.25) is 4.79 Å². The van der Waals surface area contributed by atoms with Gasteiger partial charge in [-0.1, -0.05) is 12.1 Å². The lowest BCUT2D eigenvalue weighted by Crippen LogP contribution is -2.31. The molecule has 3 rings (SSSR count). The summed E-state index contributed by atoms with van der Waals surface area (Å²) in [5.74, 6) is 0.873. The van der Waals surface area contributed by atoms with Gasteiger partial charge < -0.3 is 14.7 Å². The monoisotopic (exact) mass is 311 g/mol. The Labute approximate surface area is 136 Å². The third-order valence-corrected chi connectivity index (χ3v) is 4.18. The molecule has 2 aromatic rings. The molecule has 0 spiro atoms. The van der Waals surface area contributed by atoms with E-state index in [0.29, 0.717) is 0 Å². The van der Waals surface area contributed by atoms with E-state index in [1.54, 1.807) is 0 Å². The van der Waals surface area contributed by atoms with E-state index in [1.165, 1.54) is 0 Å². The van der Waals surface area contributed by atoms with Crippen LogP contribution in [0.5, 0.6) is 11.5 Å². The summed E-state index contributed by atoms with van der Waals surface area (Å²) >= 11 is 0. The van der Waals surface area contributed by atoms with Crippen molar-refractivity contribution in [2.45, 2.75) is 32.2 Å². The van der Waals surface area contributed by atoms with Crippen molar-refractivity contribution in [2.24, 2.45) is 0 Å². The van der Waals surface area contributed by atoms with Crippen molar-refractivity contribution in [1.82, 2.24) is 0 Å². The van der Waals surface area contributed by atoms with E-state index in [2.05, 4.69) is 4.90 Å². The molecule has 0 aromatic heterocycles. The minimum absolute atomic E-state index is 0.0936. The van der Waals surface area contributed by atoms with Gasteiger partial charge in [-0.25, -0.2) is 0 Å². The molecule has 1 unspecified atom stereocenters. The third kappa shape index (κ3) is 3.83. The molecule has 1 fully saturated rings.